The smallest absolute Gasteiger partial charge is 0.248 e. The Morgan fingerprint density at radius 1 is 1.09 bits per heavy atom. The average Bonchev–Trinajstić information content (AvgIpc) is 2.54. The Morgan fingerprint density at radius 3 is 2.55 bits per heavy atom. The van der Waals surface area contributed by atoms with Gasteiger partial charge in [-0.05, 0) is 42.5 Å². The molecule has 1 aliphatic rings. The molecule has 1 saturated carbocycles. The van der Waals surface area contributed by atoms with Crippen molar-refractivity contribution in [2.24, 2.45) is 0 Å². The van der Waals surface area contributed by atoms with E-state index >= 15 is 0 Å². The second-order valence-electron chi connectivity index (χ2n) is 5.88. The minimum Gasteiger partial charge on any atom is -0.322 e. The number of nitrogens with one attached hydrogen (secondary N) is 1. The zero-order valence-corrected chi connectivity index (χ0v) is 13.4. The highest BCUT2D eigenvalue weighted by atomic mass is 32.2. The van der Waals surface area contributed by atoms with Gasteiger partial charge in [0.05, 0.1) is 4.90 Å². The van der Waals surface area contributed by atoms with Crippen LogP contribution in [0.15, 0.2) is 40.0 Å². The van der Waals surface area contributed by atoms with Crippen LogP contribution >= 0.6 is 0 Å². The molecule has 1 aliphatic carbocycles. The van der Waals surface area contributed by atoms with Gasteiger partial charge in [-0.15, -0.1) is 0 Å². The molecule has 0 aliphatic heterocycles. The van der Waals surface area contributed by atoms with E-state index in [1.807, 2.05) is 0 Å². The van der Waals surface area contributed by atoms with Crippen LogP contribution in [0.1, 0.15) is 32.1 Å². The van der Waals surface area contributed by atoms with Gasteiger partial charge in [-0.25, -0.2) is 8.42 Å². The van der Waals surface area contributed by atoms with Crippen molar-refractivity contribution in [2.75, 3.05) is 7.05 Å². The number of rotatable bonds is 3. The van der Waals surface area contributed by atoms with Gasteiger partial charge in [-0.2, -0.15) is 4.31 Å². The van der Waals surface area contributed by atoms with E-state index in [0.29, 0.717) is 5.52 Å². The second-order valence-corrected chi connectivity index (χ2v) is 7.88. The maximum Gasteiger partial charge on any atom is 0.248 e. The quantitative estimate of drug-likeness (QED) is 0.944. The Labute approximate surface area is 130 Å². The second kappa shape index (κ2) is 5.85. The number of sulfonamides is 1. The van der Waals surface area contributed by atoms with Crippen molar-refractivity contribution in [1.29, 1.82) is 0 Å². The topological polar surface area (TPSA) is 70.2 Å². The summed E-state index contributed by atoms with van der Waals surface area (Å²) < 4.78 is 27.1. The number of hydrogen-bond acceptors (Lipinski definition) is 3. The molecule has 0 unspecified atom stereocenters. The molecule has 5 nitrogen and oxygen atoms in total. The zero-order chi connectivity index (χ0) is 15.7. The molecule has 1 heterocycles. The van der Waals surface area contributed by atoms with E-state index in [2.05, 4.69) is 4.98 Å². The maximum atomic E-state index is 12.8. The van der Waals surface area contributed by atoms with Crippen LogP contribution in [-0.4, -0.2) is 30.8 Å². The summed E-state index contributed by atoms with van der Waals surface area (Å²) in [6.07, 6.45) is 5.22. The van der Waals surface area contributed by atoms with E-state index in [0.717, 1.165) is 31.1 Å². The number of aromatic amines is 1. The molecule has 1 aromatic heterocycles. The van der Waals surface area contributed by atoms with E-state index in [1.54, 1.807) is 31.3 Å². The molecule has 0 amide bonds. The highest BCUT2D eigenvalue weighted by Crippen LogP contribution is 2.27. The minimum atomic E-state index is -3.50. The molecule has 2 aromatic rings. The van der Waals surface area contributed by atoms with Crippen molar-refractivity contribution in [1.82, 2.24) is 9.29 Å². The Hall–Kier alpha value is -1.66. The first-order valence-corrected chi connectivity index (χ1v) is 9.03. The van der Waals surface area contributed by atoms with Crippen LogP contribution in [0.5, 0.6) is 0 Å². The summed E-state index contributed by atoms with van der Waals surface area (Å²) in [7, 11) is -1.83. The van der Waals surface area contributed by atoms with Gasteiger partial charge in [0.15, 0.2) is 0 Å². The maximum absolute atomic E-state index is 12.8. The molecule has 3 rings (SSSR count). The van der Waals surface area contributed by atoms with Crippen LogP contribution in [0.3, 0.4) is 0 Å². The van der Waals surface area contributed by atoms with Gasteiger partial charge in [0.1, 0.15) is 0 Å². The Balaban J connectivity index is 1.97. The molecule has 1 aromatic carbocycles. The molecule has 0 bridgehead atoms. The van der Waals surface area contributed by atoms with Gasteiger partial charge in [0, 0.05) is 24.7 Å². The third kappa shape index (κ3) is 2.80. The van der Waals surface area contributed by atoms with Crippen LogP contribution in [0.25, 0.3) is 10.9 Å². The van der Waals surface area contributed by atoms with E-state index in [1.165, 1.54) is 16.8 Å². The number of hydrogen-bond donors (Lipinski definition) is 1. The standard InChI is InChI=1S/C16H20N2O3S/c1-18(13-5-3-2-4-6-13)22(20,21)14-8-9-15-12(11-14)7-10-16(19)17-15/h7-11,13H,2-6H2,1H3,(H,17,19). The Morgan fingerprint density at radius 2 is 1.82 bits per heavy atom. The third-order valence-electron chi connectivity index (χ3n) is 4.46. The molecule has 0 saturated heterocycles. The Kier molecular flexibility index (Phi) is 4.06. The van der Waals surface area contributed by atoms with Crippen LogP contribution in [0.4, 0.5) is 0 Å². The highest BCUT2D eigenvalue weighted by Gasteiger charge is 2.29. The molecule has 0 spiro atoms. The molecule has 6 heteroatoms. The summed E-state index contributed by atoms with van der Waals surface area (Å²) in [4.78, 5) is 14.3. The number of pyridine rings is 1. The van der Waals surface area contributed by atoms with Crippen molar-refractivity contribution >= 4 is 20.9 Å². The summed E-state index contributed by atoms with van der Waals surface area (Å²) in [5.41, 5.74) is 0.453. The molecule has 22 heavy (non-hydrogen) atoms. The van der Waals surface area contributed by atoms with Gasteiger partial charge in [0.2, 0.25) is 15.6 Å². The molecule has 0 radical (unpaired) electrons. The highest BCUT2D eigenvalue weighted by molar-refractivity contribution is 7.89. The van der Waals surface area contributed by atoms with Gasteiger partial charge in [0.25, 0.3) is 0 Å². The van der Waals surface area contributed by atoms with Crippen molar-refractivity contribution in [3.8, 4) is 0 Å². The summed E-state index contributed by atoms with van der Waals surface area (Å²) in [5, 5.41) is 0.720. The largest absolute Gasteiger partial charge is 0.322 e. The predicted octanol–water partition coefficient (Wildman–Crippen LogP) is 2.48. The van der Waals surface area contributed by atoms with Gasteiger partial charge < -0.3 is 4.98 Å². The zero-order valence-electron chi connectivity index (χ0n) is 12.6. The molecule has 0 atom stereocenters. The predicted molar refractivity (Wildman–Crippen MR) is 86.4 cm³/mol. The average molecular weight is 320 g/mol. The lowest BCUT2D eigenvalue weighted by Gasteiger charge is -2.30. The summed E-state index contributed by atoms with van der Waals surface area (Å²) >= 11 is 0. The van der Waals surface area contributed by atoms with Crippen LogP contribution in [-0.2, 0) is 10.0 Å². The molecule has 1 N–H and O–H groups in total. The summed E-state index contributed by atoms with van der Waals surface area (Å²) in [6.45, 7) is 0. The van der Waals surface area contributed by atoms with E-state index < -0.39 is 10.0 Å². The first-order chi connectivity index (χ1) is 10.5. The number of aromatic nitrogens is 1. The molecular formula is C16H20N2O3S. The lowest BCUT2D eigenvalue weighted by Crippen LogP contribution is -2.38. The van der Waals surface area contributed by atoms with E-state index in [9.17, 15) is 13.2 Å². The first kappa shape index (κ1) is 15.2. The SMILES string of the molecule is CN(C1CCCCC1)S(=O)(=O)c1ccc2[nH]c(=O)ccc2c1. The van der Waals surface area contributed by atoms with Gasteiger partial charge in [-0.1, -0.05) is 19.3 Å². The minimum absolute atomic E-state index is 0.0880. The van der Waals surface area contributed by atoms with Gasteiger partial charge in [-0.3, -0.25) is 4.79 Å². The van der Waals surface area contributed by atoms with Crippen LogP contribution in [0.2, 0.25) is 0 Å². The summed E-state index contributed by atoms with van der Waals surface area (Å²) in [5.74, 6) is 0. The monoisotopic (exact) mass is 320 g/mol. The number of nitrogens with zero attached hydrogens (tertiary/aromatic N) is 1. The fraction of sp³-hybridized carbons (Fsp3) is 0.438. The van der Waals surface area contributed by atoms with E-state index in [4.69, 9.17) is 0 Å². The fourth-order valence-corrected chi connectivity index (χ4v) is 4.55. The third-order valence-corrected chi connectivity index (χ3v) is 6.37. The normalized spacial score (nSPS) is 17.2. The fourth-order valence-electron chi connectivity index (χ4n) is 3.10. The molecule has 118 valence electrons. The summed E-state index contributed by atoms with van der Waals surface area (Å²) in [6, 6.07) is 7.98. The van der Waals surface area contributed by atoms with Crippen molar-refractivity contribution in [2.45, 2.75) is 43.0 Å². The van der Waals surface area contributed by atoms with E-state index in [-0.39, 0.29) is 16.5 Å². The molecule has 1 fully saturated rings. The number of benzene rings is 1. The lowest BCUT2D eigenvalue weighted by atomic mass is 9.96. The van der Waals surface area contributed by atoms with Crippen molar-refractivity contribution in [3.05, 3.63) is 40.7 Å². The van der Waals surface area contributed by atoms with Crippen molar-refractivity contribution in [3.63, 3.8) is 0 Å². The first-order valence-electron chi connectivity index (χ1n) is 7.59. The van der Waals surface area contributed by atoms with Crippen LogP contribution < -0.4 is 5.56 Å². The number of H-pyrrole nitrogens is 1. The number of fused-ring (bicyclic) bond motifs is 1. The Bertz CT molecular complexity index is 836. The van der Waals surface area contributed by atoms with Gasteiger partial charge >= 0.3 is 0 Å². The van der Waals surface area contributed by atoms with Crippen LogP contribution in [0, 0.1) is 0 Å². The van der Waals surface area contributed by atoms with Crippen molar-refractivity contribution < 1.29 is 8.42 Å². The lowest BCUT2D eigenvalue weighted by molar-refractivity contribution is 0.286. The molecular weight excluding hydrogens is 300 g/mol.